The fourth-order valence-electron chi connectivity index (χ4n) is 3.74. The highest BCUT2D eigenvalue weighted by Crippen LogP contribution is 2.33. The van der Waals surface area contributed by atoms with E-state index in [9.17, 15) is 4.39 Å². The molecule has 0 saturated carbocycles. The van der Waals surface area contributed by atoms with Crippen LogP contribution in [-0.2, 0) is 6.42 Å². The Kier molecular flexibility index (Phi) is 6.59. The van der Waals surface area contributed by atoms with Crippen molar-refractivity contribution < 1.29 is 4.39 Å². The maximum atomic E-state index is 13.6. The van der Waals surface area contributed by atoms with Crippen molar-refractivity contribution in [2.24, 2.45) is 4.99 Å². The Hall–Kier alpha value is -2.83. The second-order valence-electron chi connectivity index (χ2n) is 8.05. The molecule has 162 valence electrons. The molecule has 2 aliphatic heterocycles. The SMILES string of the molecule is CN(C)CCCc1ccc2c(c1)C(Nc1ccc(F)c(Cl)c1)NC(=C1C=CC=NC1)N2. The van der Waals surface area contributed by atoms with Gasteiger partial charge in [0, 0.05) is 28.7 Å². The third-order valence-electron chi connectivity index (χ3n) is 5.35. The molecule has 3 N–H and O–H groups in total. The monoisotopic (exact) mass is 439 g/mol. The number of hydrogen-bond acceptors (Lipinski definition) is 5. The molecule has 1 unspecified atom stereocenters. The van der Waals surface area contributed by atoms with Gasteiger partial charge >= 0.3 is 0 Å². The van der Waals surface area contributed by atoms with Crippen LogP contribution in [0.3, 0.4) is 0 Å². The lowest BCUT2D eigenvalue weighted by molar-refractivity contribution is 0.400. The summed E-state index contributed by atoms with van der Waals surface area (Å²) in [5.74, 6) is 0.480. The Morgan fingerprint density at radius 3 is 2.84 bits per heavy atom. The summed E-state index contributed by atoms with van der Waals surface area (Å²) in [4.78, 5) is 6.55. The minimum atomic E-state index is -0.429. The van der Waals surface area contributed by atoms with Gasteiger partial charge in [-0.1, -0.05) is 23.7 Å². The molecule has 5 nitrogen and oxygen atoms in total. The maximum absolute atomic E-state index is 13.6. The highest BCUT2D eigenvalue weighted by atomic mass is 35.5. The molecule has 2 heterocycles. The van der Waals surface area contributed by atoms with Gasteiger partial charge in [0.15, 0.2) is 0 Å². The van der Waals surface area contributed by atoms with Gasteiger partial charge in [-0.25, -0.2) is 4.39 Å². The van der Waals surface area contributed by atoms with Crippen LogP contribution >= 0.6 is 11.6 Å². The second kappa shape index (κ2) is 9.54. The van der Waals surface area contributed by atoms with Crippen LogP contribution in [0.15, 0.2) is 64.9 Å². The lowest BCUT2D eigenvalue weighted by Gasteiger charge is -2.33. The average Bonchev–Trinajstić information content (AvgIpc) is 2.77. The first-order valence-corrected chi connectivity index (χ1v) is 10.8. The van der Waals surface area contributed by atoms with E-state index in [1.54, 1.807) is 18.3 Å². The molecule has 0 amide bonds. The van der Waals surface area contributed by atoms with E-state index in [0.29, 0.717) is 6.54 Å². The van der Waals surface area contributed by atoms with Gasteiger partial charge in [-0.15, -0.1) is 0 Å². The quantitative estimate of drug-likeness (QED) is 0.596. The number of dihydropyridines is 1. The third kappa shape index (κ3) is 5.27. The number of aliphatic imine (C=N–C) groups is 1. The van der Waals surface area contributed by atoms with Gasteiger partial charge in [0.2, 0.25) is 0 Å². The first kappa shape index (κ1) is 21.4. The van der Waals surface area contributed by atoms with E-state index in [4.69, 9.17) is 11.6 Å². The van der Waals surface area contributed by atoms with E-state index >= 15 is 0 Å². The summed E-state index contributed by atoms with van der Waals surface area (Å²) < 4.78 is 13.6. The number of rotatable bonds is 6. The minimum Gasteiger partial charge on any atom is -0.361 e. The van der Waals surface area contributed by atoms with Gasteiger partial charge in [-0.2, -0.15) is 0 Å². The predicted molar refractivity (Wildman–Crippen MR) is 127 cm³/mol. The van der Waals surface area contributed by atoms with E-state index in [1.165, 1.54) is 11.6 Å². The zero-order valence-electron chi connectivity index (χ0n) is 17.8. The van der Waals surface area contributed by atoms with Crippen molar-refractivity contribution in [3.05, 3.63) is 81.9 Å². The molecule has 0 aliphatic carbocycles. The van der Waals surface area contributed by atoms with Crippen molar-refractivity contribution in [1.82, 2.24) is 10.2 Å². The summed E-state index contributed by atoms with van der Waals surface area (Å²) in [6, 6.07) is 11.2. The van der Waals surface area contributed by atoms with E-state index in [1.807, 2.05) is 6.08 Å². The van der Waals surface area contributed by atoms with E-state index < -0.39 is 5.82 Å². The van der Waals surface area contributed by atoms with Crippen molar-refractivity contribution >= 4 is 29.2 Å². The van der Waals surface area contributed by atoms with Gasteiger partial charge in [0.05, 0.1) is 11.6 Å². The molecule has 0 aromatic heterocycles. The van der Waals surface area contributed by atoms with Crippen molar-refractivity contribution in [3.8, 4) is 0 Å². The highest BCUT2D eigenvalue weighted by molar-refractivity contribution is 6.31. The van der Waals surface area contributed by atoms with E-state index in [2.05, 4.69) is 64.2 Å². The number of hydrogen-bond donors (Lipinski definition) is 3. The Bertz CT molecular complexity index is 1040. The number of nitrogens with zero attached hydrogens (tertiary/aromatic N) is 2. The smallest absolute Gasteiger partial charge is 0.141 e. The number of anilines is 2. The summed E-state index contributed by atoms with van der Waals surface area (Å²) in [6.07, 6.45) is 7.68. The molecule has 4 rings (SSSR count). The Balaban J connectivity index is 1.64. The van der Waals surface area contributed by atoms with Crippen LogP contribution in [0.2, 0.25) is 5.02 Å². The van der Waals surface area contributed by atoms with Crippen LogP contribution in [0.4, 0.5) is 15.8 Å². The third-order valence-corrected chi connectivity index (χ3v) is 5.64. The van der Waals surface area contributed by atoms with Crippen LogP contribution in [-0.4, -0.2) is 38.3 Å². The summed E-state index contributed by atoms with van der Waals surface area (Å²) in [6.45, 7) is 1.66. The molecule has 2 aliphatic rings. The minimum absolute atomic E-state index is 0.0970. The number of aryl methyl sites for hydroxylation is 1. The number of fused-ring (bicyclic) bond motifs is 1. The second-order valence-corrected chi connectivity index (χ2v) is 8.46. The van der Waals surface area contributed by atoms with Gasteiger partial charge in [-0.05, 0) is 75.5 Å². The fraction of sp³-hybridized carbons (Fsp3) is 0.292. The summed E-state index contributed by atoms with van der Waals surface area (Å²) in [5, 5.41) is 10.6. The van der Waals surface area contributed by atoms with Crippen molar-refractivity contribution in [2.45, 2.75) is 19.0 Å². The van der Waals surface area contributed by atoms with E-state index in [0.717, 1.165) is 47.7 Å². The van der Waals surface area contributed by atoms with Gasteiger partial charge in [0.25, 0.3) is 0 Å². The molecule has 2 aromatic rings. The molecule has 7 heteroatoms. The molecule has 31 heavy (non-hydrogen) atoms. The number of allylic oxidation sites excluding steroid dienone is 1. The number of nitrogens with one attached hydrogen (secondary N) is 3. The molecule has 0 radical (unpaired) electrons. The summed E-state index contributed by atoms with van der Waals surface area (Å²) in [5.41, 5.74) is 5.25. The normalized spacial score (nSPS) is 19.7. The Morgan fingerprint density at radius 2 is 2.10 bits per heavy atom. The molecule has 0 fully saturated rings. The highest BCUT2D eigenvalue weighted by Gasteiger charge is 2.24. The van der Waals surface area contributed by atoms with Crippen molar-refractivity contribution in [1.29, 1.82) is 0 Å². The lowest BCUT2D eigenvalue weighted by atomic mass is 10.00. The average molecular weight is 440 g/mol. The van der Waals surface area contributed by atoms with E-state index in [-0.39, 0.29) is 11.2 Å². The zero-order chi connectivity index (χ0) is 21.8. The predicted octanol–water partition coefficient (Wildman–Crippen LogP) is 4.95. The Morgan fingerprint density at radius 1 is 1.23 bits per heavy atom. The molecule has 0 spiro atoms. The molecular weight excluding hydrogens is 413 g/mol. The first-order chi connectivity index (χ1) is 15.0. The van der Waals surface area contributed by atoms with Gasteiger partial charge in [0.1, 0.15) is 17.8 Å². The molecule has 1 atom stereocenters. The number of halogens is 2. The standard InChI is InChI=1S/C24H27ClFN5/c1-31(2)12-4-5-16-7-10-22-19(13-16)24(28-18-8-9-21(26)20(25)14-18)30-23(29-22)17-6-3-11-27-15-17/h3,6-11,13-14,24,28-30H,4-5,12,15H2,1-2H3. The van der Waals surface area contributed by atoms with Crippen molar-refractivity contribution in [2.75, 3.05) is 37.8 Å². The maximum Gasteiger partial charge on any atom is 0.141 e. The zero-order valence-corrected chi connectivity index (χ0v) is 18.5. The molecule has 0 saturated heterocycles. The summed E-state index contributed by atoms with van der Waals surface area (Å²) >= 11 is 6.00. The largest absolute Gasteiger partial charge is 0.361 e. The van der Waals surface area contributed by atoms with Crippen molar-refractivity contribution in [3.63, 3.8) is 0 Å². The van der Waals surface area contributed by atoms with Crippen LogP contribution in [0.1, 0.15) is 23.7 Å². The van der Waals surface area contributed by atoms with Gasteiger partial charge < -0.3 is 20.9 Å². The first-order valence-electron chi connectivity index (χ1n) is 10.4. The van der Waals surface area contributed by atoms with Crippen LogP contribution in [0.5, 0.6) is 0 Å². The molecule has 0 bridgehead atoms. The van der Waals surface area contributed by atoms with Crippen LogP contribution in [0, 0.1) is 5.82 Å². The number of benzene rings is 2. The van der Waals surface area contributed by atoms with Gasteiger partial charge in [-0.3, -0.25) is 4.99 Å². The molecule has 2 aromatic carbocycles. The van der Waals surface area contributed by atoms with Crippen LogP contribution < -0.4 is 16.0 Å². The Labute approximate surface area is 187 Å². The summed E-state index contributed by atoms with van der Waals surface area (Å²) in [7, 11) is 4.18. The topological polar surface area (TPSA) is 51.7 Å². The molecular formula is C24H27ClFN5. The lowest BCUT2D eigenvalue weighted by Crippen LogP contribution is -2.36. The van der Waals surface area contributed by atoms with Crippen LogP contribution in [0.25, 0.3) is 0 Å². The fourth-order valence-corrected chi connectivity index (χ4v) is 3.92.